The van der Waals surface area contributed by atoms with Gasteiger partial charge in [0.1, 0.15) is 5.69 Å². The van der Waals surface area contributed by atoms with Crippen molar-refractivity contribution in [3.05, 3.63) is 46.4 Å². The molecule has 2 aromatic heterocycles. The second kappa shape index (κ2) is 6.96. The second-order valence-corrected chi connectivity index (χ2v) is 8.66. The monoisotopic (exact) mass is 357 g/mol. The van der Waals surface area contributed by atoms with Crippen LogP contribution in [-0.2, 0) is 13.6 Å². The molecule has 134 valence electrons. The molecular weight excluding hydrogens is 330 g/mol. The van der Waals surface area contributed by atoms with Gasteiger partial charge in [0.15, 0.2) is 0 Å². The van der Waals surface area contributed by atoms with Gasteiger partial charge >= 0.3 is 0 Å². The summed E-state index contributed by atoms with van der Waals surface area (Å²) in [6.45, 7) is 2.86. The van der Waals surface area contributed by atoms with Gasteiger partial charge < -0.3 is 9.47 Å². The fourth-order valence-electron chi connectivity index (χ4n) is 4.77. The van der Waals surface area contributed by atoms with Crippen LogP contribution in [0.4, 0.5) is 0 Å². The number of likely N-dealkylation sites (tertiary alicyclic amines) is 1. The maximum Gasteiger partial charge on any atom is 0.270 e. The standard InChI is InChI=1S/C20H27N3OS/c1-21-10-4-9-19(21)20(24)23-12-15-6-3-8-18(17(15)14-23)22(2)13-16-7-5-11-25-16/h4-5,7,9-11,15,17-18H,3,6,8,12-14H2,1-2H3/t15-,17+,18-/m1/s1. The Morgan fingerprint density at radius 1 is 1.28 bits per heavy atom. The Kier molecular flexibility index (Phi) is 4.69. The van der Waals surface area contributed by atoms with E-state index in [2.05, 4.69) is 34.4 Å². The minimum absolute atomic E-state index is 0.196. The molecule has 2 aliphatic rings. The number of amides is 1. The highest BCUT2D eigenvalue weighted by Crippen LogP contribution is 2.39. The van der Waals surface area contributed by atoms with E-state index in [1.165, 1.54) is 24.1 Å². The van der Waals surface area contributed by atoms with E-state index in [0.717, 1.165) is 25.3 Å². The number of carbonyl (C=O) groups excluding carboxylic acids is 1. The quantitative estimate of drug-likeness (QED) is 0.838. The Labute approximate surface area is 154 Å². The number of carbonyl (C=O) groups is 1. The van der Waals surface area contributed by atoms with Crippen LogP contribution in [0.2, 0.25) is 0 Å². The van der Waals surface area contributed by atoms with Gasteiger partial charge in [-0.2, -0.15) is 0 Å². The molecule has 1 amide bonds. The third kappa shape index (κ3) is 3.27. The van der Waals surface area contributed by atoms with Crippen LogP contribution in [0, 0.1) is 11.8 Å². The summed E-state index contributed by atoms with van der Waals surface area (Å²) in [5, 5.41) is 2.16. The van der Waals surface area contributed by atoms with E-state index < -0.39 is 0 Å². The molecule has 4 rings (SSSR count). The number of fused-ring (bicyclic) bond motifs is 1. The van der Waals surface area contributed by atoms with Crippen LogP contribution in [-0.4, -0.2) is 46.5 Å². The minimum Gasteiger partial charge on any atom is -0.347 e. The lowest BCUT2D eigenvalue weighted by atomic mass is 9.77. The number of aryl methyl sites for hydroxylation is 1. The van der Waals surface area contributed by atoms with Crippen molar-refractivity contribution >= 4 is 17.2 Å². The number of hydrogen-bond acceptors (Lipinski definition) is 3. The topological polar surface area (TPSA) is 28.5 Å². The van der Waals surface area contributed by atoms with Crippen molar-refractivity contribution in [1.82, 2.24) is 14.4 Å². The van der Waals surface area contributed by atoms with Crippen LogP contribution >= 0.6 is 11.3 Å². The molecule has 25 heavy (non-hydrogen) atoms. The predicted molar refractivity (Wildman–Crippen MR) is 102 cm³/mol. The van der Waals surface area contributed by atoms with Crippen LogP contribution in [0.25, 0.3) is 0 Å². The van der Waals surface area contributed by atoms with Gasteiger partial charge in [0.2, 0.25) is 0 Å². The molecule has 1 aliphatic carbocycles. The van der Waals surface area contributed by atoms with Gasteiger partial charge in [0.25, 0.3) is 5.91 Å². The van der Waals surface area contributed by atoms with E-state index in [-0.39, 0.29) is 5.91 Å². The average molecular weight is 358 g/mol. The molecule has 3 heterocycles. The zero-order valence-corrected chi connectivity index (χ0v) is 15.9. The van der Waals surface area contributed by atoms with Crippen molar-refractivity contribution in [1.29, 1.82) is 0 Å². The van der Waals surface area contributed by atoms with E-state index in [4.69, 9.17) is 0 Å². The van der Waals surface area contributed by atoms with Crippen molar-refractivity contribution in [3.63, 3.8) is 0 Å². The lowest BCUT2D eigenvalue weighted by molar-refractivity contribution is 0.0761. The molecule has 1 aliphatic heterocycles. The third-order valence-electron chi connectivity index (χ3n) is 6.06. The van der Waals surface area contributed by atoms with Crippen LogP contribution in [0.15, 0.2) is 35.8 Å². The Hall–Kier alpha value is -1.59. The van der Waals surface area contributed by atoms with Gasteiger partial charge in [-0.1, -0.05) is 12.5 Å². The van der Waals surface area contributed by atoms with E-state index in [1.807, 2.05) is 41.3 Å². The molecule has 0 spiro atoms. The van der Waals surface area contributed by atoms with Crippen LogP contribution in [0.3, 0.4) is 0 Å². The van der Waals surface area contributed by atoms with Crippen LogP contribution in [0.5, 0.6) is 0 Å². The van der Waals surface area contributed by atoms with Gasteiger partial charge in [-0.15, -0.1) is 11.3 Å². The van der Waals surface area contributed by atoms with Gasteiger partial charge in [-0.25, -0.2) is 0 Å². The third-order valence-corrected chi connectivity index (χ3v) is 6.92. The molecule has 0 unspecified atom stereocenters. The van der Waals surface area contributed by atoms with Crippen molar-refractivity contribution in [2.45, 2.75) is 31.8 Å². The average Bonchev–Trinajstić information content (AvgIpc) is 3.33. The van der Waals surface area contributed by atoms with E-state index in [9.17, 15) is 4.79 Å². The minimum atomic E-state index is 0.196. The van der Waals surface area contributed by atoms with Crippen LogP contribution in [0.1, 0.15) is 34.6 Å². The first-order valence-corrected chi connectivity index (χ1v) is 10.1. The summed E-state index contributed by atoms with van der Waals surface area (Å²) >= 11 is 1.84. The molecule has 0 bridgehead atoms. The zero-order valence-electron chi connectivity index (χ0n) is 15.1. The fourth-order valence-corrected chi connectivity index (χ4v) is 5.53. The first kappa shape index (κ1) is 16.9. The first-order valence-electron chi connectivity index (χ1n) is 9.26. The molecular formula is C20H27N3OS. The molecule has 3 atom stereocenters. The summed E-state index contributed by atoms with van der Waals surface area (Å²) in [5.41, 5.74) is 0.808. The predicted octanol–water partition coefficient (Wildman–Crippen LogP) is 3.46. The normalized spacial score (nSPS) is 26.2. The van der Waals surface area contributed by atoms with Crippen molar-refractivity contribution in [2.75, 3.05) is 20.1 Å². The number of rotatable bonds is 4. The Morgan fingerprint density at radius 3 is 2.88 bits per heavy atom. The number of hydrogen-bond donors (Lipinski definition) is 0. The van der Waals surface area contributed by atoms with Gasteiger partial charge in [0, 0.05) is 43.8 Å². The maximum atomic E-state index is 12.9. The highest BCUT2D eigenvalue weighted by atomic mass is 32.1. The molecule has 2 fully saturated rings. The number of aromatic nitrogens is 1. The maximum absolute atomic E-state index is 12.9. The summed E-state index contributed by atoms with van der Waals surface area (Å²) in [5.74, 6) is 1.47. The number of thiophene rings is 1. The molecule has 1 saturated carbocycles. The van der Waals surface area contributed by atoms with E-state index in [0.29, 0.717) is 17.9 Å². The molecule has 2 aromatic rings. The van der Waals surface area contributed by atoms with Gasteiger partial charge in [-0.05, 0) is 55.3 Å². The van der Waals surface area contributed by atoms with E-state index >= 15 is 0 Å². The highest BCUT2D eigenvalue weighted by molar-refractivity contribution is 7.09. The molecule has 0 N–H and O–H groups in total. The number of nitrogens with zero attached hydrogens (tertiary/aromatic N) is 3. The fraction of sp³-hybridized carbons (Fsp3) is 0.550. The molecule has 0 radical (unpaired) electrons. The molecule has 5 heteroatoms. The van der Waals surface area contributed by atoms with Gasteiger partial charge in [-0.3, -0.25) is 9.69 Å². The SMILES string of the molecule is CN(Cc1cccs1)[C@@H]1CCC[C@@H]2CN(C(=O)c3cccn3C)C[C@@H]21. The van der Waals surface area contributed by atoms with Crippen molar-refractivity contribution < 1.29 is 4.79 Å². The van der Waals surface area contributed by atoms with E-state index in [1.54, 1.807) is 0 Å². The highest BCUT2D eigenvalue weighted by Gasteiger charge is 2.43. The molecule has 1 saturated heterocycles. The van der Waals surface area contributed by atoms with Crippen molar-refractivity contribution in [2.24, 2.45) is 18.9 Å². The summed E-state index contributed by atoms with van der Waals surface area (Å²) in [4.78, 5) is 19.0. The largest absolute Gasteiger partial charge is 0.347 e. The summed E-state index contributed by atoms with van der Waals surface area (Å²) in [7, 11) is 4.21. The molecule has 0 aromatic carbocycles. The lowest BCUT2D eigenvalue weighted by Crippen LogP contribution is -2.43. The Bertz CT molecular complexity index is 723. The smallest absolute Gasteiger partial charge is 0.270 e. The Balaban J connectivity index is 1.46. The molecule has 4 nitrogen and oxygen atoms in total. The lowest BCUT2D eigenvalue weighted by Gasteiger charge is -2.38. The Morgan fingerprint density at radius 2 is 2.16 bits per heavy atom. The first-order chi connectivity index (χ1) is 12.1. The second-order valence-electron chi connectivity index (χ2n) is 7.63. The van der Waals surface area contributed by atoms with Crippen molar-refractivity contribution in [3.8, 4) is 0 Å². The van der Waals surface area contributed by atoms with Crippen LogP contribution < -0.4 is 0 Å². The van der Waals surface area contributed by atoms with Gasteiger partial charge in [0.05, 0.1) is 0 Å². The zero-order chi connectivity index (χ0) is 17.4. The summed E-state index contributed by atoms with van der Waals surface area (Å²) in [6, 6.07) is 8.83. The summed E-state index contributed by atoms with van der Waals surface area (Å²) < 4.78 is 1.94. The summed E-state index contributed by atoms with van der Waals surface area (Å²) in [6.07, 6.45) is 5.76.